The average molecular weight is 386 g/mol. The minimum Gasteiger partial charge on any atom is -0.443 e. The number of anilines is 1. The zero-order chi connectivity index (χ0) is 20.9. The van der Waals surface area contributed by atoms with Gasteiger partial charge in [0, 0.05) is 24.2 Å². The number of benzene rings is 1. The van der Waals surface area contributed by atoms with Gasteiger partial charge in [0.25, 0.3) is 0 Å². The van der Waals surface area contributed by atoms with Crippen LogP contribution in [-0.4, -0.2) is 28.5 Å². The molecule has 0 N–H and O–H groups in total. The van der Waals surface area contributed by atoms with Crippen molar-refractivity contribution in [1.82, 2.24) is 4.98 Å². The lowest BCUT2D eigenvalue weighted by molar-refractivity contribution is 0.0565. The largest absolute Gasteiger partial charge is 0.443 e. The predicted octanol–water partition coefficient (Wildman–Crippen LogP) is 5.19. The minimum atomic E-state index is -0.626. The highest BCUT2D eigenvalue weighted by molar-refractivity contribution is 5.97. The fourth-order valence-electron chi connectivity index (χ4n) is 2.62. The van der Waals surface area contributed by atoms with Crippen molar-refractivity contribution in [3.63, 3.8) is 0 Å². The van der Waals surface area contributed by atoms with E-state index in [0.29, 0.717) is 11.4 Å². The summed E-state index contributed by atoms with van der Waals surface area (Å²) in [5, 5.41) is 0. The molecule has 0 aliphatic carbocycles. The Balaban J connectivity index is 2.25. The molecule has 0 saturated heterocycles. The number of carbonyl (C=O) groups is 2. The summed E-state index contributed by atoms with van der Waals surface area (Å²) in [4.78, 5) is 31.0. The molecule has 1 atom stereocenters. The van der Waals surface area contributed by atoms with Crippen molar-refractivity contribution in [2.75, 3.05) is 4.90 Å². The molecule has 28 heavy (non-hydrogen) atoms. The highest BCUT2D eigenvalue weighted by Crippen LogP contribution is 2.22. The van der Waals surface area contributed by atoms with Crippen LogP contribution in [0.5, 0.6) is 0 Å². The van der Waals surface area contributed by atoms with E-state index in [2.05, 4.69) is 4.98 Å². The van der Waals surface area contributed by atoms with Crippen molar-refractivity contribution >= 4 is 17.7 Å². The van der Waals surface area contributed by atoms with Crippen LogP contribution in [0.2, 0.25) is 0 Å². The molecule has 0 spiro atoms. The van der Waals surface area contributed by atoms with Crippen molar-refractivity contribution in [3.8, 4) is 0 Å². The summed E-state index contributed by atoms with van der Waals surface area (Å²) in [6.07, 6.45) is 1.95. The van der Waals surface area contributed by atoms with E-state index < -0.39 is 11.7 Å². The molecule has 1 unspecified atom stereocenters. The predicted molar refractivity (Wildman–Crippen MR) is 107 cm³/mol. The number of hydrogen-bond donors (Lipinski definition) is 0. The molecular formula is C22H27FN2O3. The van der Waals surface area contributed by atoms with Crippen molar-refractivity contribution < 1.29 is 18.7 Å². The van der Waals surface area contributed by atoms with E-state index in [1.807, 2.05) is 34.6 Å². The average Bonchev–Trinajstić information content (AvgIpc) is 2.61. The number of Topliss-reactive ketones (excluding diaryl/α,β-unsaturated/α-hetero) is 1. The first-order valence-electron chi connectivity index (χ1n) is 9.36. The summed E-state index contributed by atoms with van der Waals surface area (Å²) in [5.74, 6) is -0.0817. The number of halogens is 1. The normalized spacial score (nSPS) is 12.4. The van der Waals surface area contributed by atoms with Gasteiger partial charge in [-0.15, -0.1) is 0 Å². The van der Waals surface area contributed by atoms with Gasteiger partial charge in [0.05, 0.1) is 0 Å². The Kier molecular flexibility index (Phi) is 6.89. The lowest BCUT2D eigenvalue weighted by Gasteiger charge is -2.30. The highest BCUT2D eigenvalue weighted by Gasteiger charge is 2.27. The SMILES string of the molecule is CCC(C)N(C(=O)OC(C)(C)C)c1cc(CC(=O)c2ccc(F)cc2)ccn1. The first-order valence-corrected chi connectivity index (χ1v) is 9.36. The van der Waals surface area contributed by atoms with Gasteiger partial charge in [0.1, 0.15) is 17.2 Å². The molecule has 0 aliphatic heterocycles. The molecule has 2 aromatic rings. The molecule has 0 fully saturated rings. The fraction of sp³-hybridized carbons (Fsp3) is 0.409. The molecule has 150 valence electrons. The summed E-state index contributed by atoms with van der Waals surface area (Å²) in [6, 6.07) is 8.78. The van der Waals surface area contributed by atoms with Crippen LogP contribution in [0.1, 0.15) is 57.0 Å². The number of carbonyl (C=O) groups excluding carboxylic acids is 2. The van der Waals surface area contributed by atoms with Crippen LogP contribution >= 0.6 is 0 Å². The Morgan fingerprint density at radius 3 is 2.39 bits per heavy atom. The second kappa shape index (κ2) is 8.95. The molecule has 2 rings (SSSR count). The van der Waals surface area contributed by atoms with Gasteiger partial charge in [0.2, 0.25) is 0 Å². The molecule has 6 heteroatoms. The van der Waals surface area contributed by atoms with Crippen LogP contribution in [0.25, 0.3) is 0 Å². The lowest BCUT2D eigenvalue weighted by Crippen LogP contribution is -2.42. The molecule has 0 aliphatic rings. The first-order chi connectivity index (χ1) is 13.1. The standard InChI is InChI=1S/C22H27FN2O3/c1-6-15(2)25(21(27)28-22(3,4)5)20-14-16(11-12-24-20)13-19(26)17-7-9-18(23)10-8-17/h7-12,14-15H,6,13H2,1-5H3. The van der Waals surface area contributed by atoms with Gasteiger partial charge in [0.15, 0.2) is 5.78 Å². The van der Waals surface area contributed by atoms with E-state index >= 15 is 0 Å². The summed E-state index contributed by atoms with van der Waals surface area (Å²) >= 11 is 0. The fourth-order valence-corrected chi connectivity index (χ4v) is 2.62. The second-order valence-electron chi connectivity index (χ2n) is 7.74. The van der Waals surface area contributed by atoms with E-state index in [9.17, 15) is 14.0 Å². The summed E-state index contributed by atoms with van der Waals surface area (Å²) in [6.45, 7) is 9.33. The molecule has 0 radical (unpaired) electrons. The van der Waals surface area contributed by atoms with Gasteiger partial charge in [-0.3, -0.25) is 9.69 Å². The molecular weight excluding hydrogens is 359 g/mol. The highest BCUT2D eigenvalue weighted by atomic mass is 19.1. The van der Waals surface area contributed by atoms with Crippen molar-refractivity contribution in [2.45, 2.75) is 59.1 Å². The molecule has 1 amide bonds. The molecule has 1 aromatic heterocycles. The maximum Gasteiger partial charge on any atom is 0.416 e. The summed E-state index contributed by atoms with van der Waals surface area (Å²) in [7, 11) is 0. The van der Waals surface area contributed by atoms with Gasteiger partial charge >= 0.3 is 6.09 Å². The quantitative estimate of drug-likeness (QED) is 0.641. The molecule has 1 heterocycles. The van der Waals surface area contributed by atoms with E-state index in [-0.39, 0.29) is 24.1 Å². The van der Waals surface area contributed by atoms with Crippen LogP contribution < -0.4 is 4.90 Å². The number of nitrogens with zero attached hydrogens (tertiary/aromatic N) is 2. The second-order valence-corrected chi connectivity index (χ2v) is 7.74. The zero-order valence-corrected chi connectivity index (χ0v) is 17.0. The Labute approximate surface area is 165 Å². The maximum absolute atomic E-state index is 13.1. The van der Waals surface area contributed by atoms with Crippen molar-refractivity contribution in [3.05, 3.63) is 59.5 Å². The van der Waals surface area contributed by atoms with Crippen LogP contribution in [-0.2, 0) is 11.2 Å². The summed E-state index contributed by atoms with van der Waals surface area (Å²) < 4.78 is 18.6. The van der Waals surface area contributed by atoms with Crippen LogP contribution in [0.3, 0.4) is 0 Å². The molecule has 0 saturated carbocycles. The zero-order valence-electron chi connectivity index (χ0n) is 17.0. The third-order valence-electron chi connectivity index (χ3n) is 4.21. The lowest BCUT2D eigenvalue weighted by atomic mass is 10.0. The van der Waals surface area contributed by atoms with E-state index in [4.69, 9.17) is 4.74 Å². The number of ketones is 1. The van der Waals surface area contributed by atoms with Crippen molar-refractivity contribution in [1.29, 1.82) is 0 Å². The topological polar surface area (TPSA) is 59.5 Å². The number of rotatable bonds is 6. The minimum absolute atomic E-state index is 0.120. The number of ether oxygens (including phenoxy) is 1. The third kappa shape index (κ3) is 5.87. The summed E-state index contributed by atoms with van der Waals surface area (Å²) in [5.41, 5.74) is 0.528. The number of hydrogen-bond acceptors (Lipinski definition) is 4. The Hall–Kier alpha value is -2.76. The van der Waals surface area contributed by atoms with Gasteiger partial charge in [-0.1, -0.05) is 6.92 Å². The third-order valence-corrected chi connectivity index (χ3v) is 4.21. The van der Waals surface area contributed by atoms with E-state index in [1.54, 1.807) is 18.3 Å². The number of aromatic nitrogens is 1. The monoisotopic (exact) mass is 386 g/mol. The van der Waals surface area contributed by atoms with Crippen LogP contribution in [0.15, 0.2) is 42.6 Å². The number of pyridine rings is 1. The van der Waals surface area contributed by atoms with E-state index in [0.717, 1.165) is 12.0 Å². The smallest absolute Gasteiger partial charge is 0.416 e. The van der Waals surface area contributed by atoms with E-state index in [1.165, 1.54) is 29.2 Å². The number of amides is 1. The Bertz CT molecular complexity index is 828. The first kappa shape index (κ1) is 21.5. The Morgan fingerprint density at radius 1 is 1.18 bits per heavy atom. The van der Waals surface area contributed by atoms with Gasteiger partial charge in [-0.2, -0.15) is 0 Å². The van der Waals surface area contributed by atoms with Crippen LogP contribution in [0.4, 0.5) is 15.0 Å². The Morgan fingerprint density at radius 2 is 1.82 bits per heavy atom. The van der Waals surface area contributed by atoms with Crippen molar-refractivity contribution in [2.24, 2.45) is 0 Å². The van der Waals surface area contributed by atoms with Crippen LogP contribution in [0, 0.1) is 5.82 Å². The van der Waals surface area contributed by atoms with Gasteiger partial charge < -0.3 is 4.74 Å². The molecule has 5 nitrogen and oxygen atoms in total. The maximum atomic E-state index is 13.1. The molecule has 1 aromatic carbocycles. The van der Waals surface area contributed by atoms with Gasteiger partial charge in [-0.25, -0.2) is 14.2 Å². The molecule has 0 bridgehead atoms. The van der Waals surface area contributed by atoms with Gasteiger partial charge in [-0.05, 0) is 76.1 Å².